The van der Waals surface area contributed by atoms with Gasteiger partial charge in [0, 0.05) is 16.7 Å². The van der Waals surface area contributed by atoms with Gasteiger partial charge in [0.05, 0.1) is 23.4 Å². The first-order valence-corrected chi connectivity index (χ1v) is 7.02. The minimum Gasteiger partial charge on any atom is -0.497 e. The molecular formula is C13H9BrCl2N2O2. The van der Waals surface area contributed by atoms with Crippen molar-refractivity contribution in [3.05, 3.63) is 50.7 Å². The fourth-order valence-electron chi connectivity index (χ4n) is 1.50. The zero-order valence-electron chi connectivity index (χ0n) is 10.3. The maximum atomic E-state index is 12.2. The summed E-state index contributed by atoms with van der Waals surface area (Å²) in [5.41, 5.74) is 0.687. The number of amides is 1. The molecule has 7 heteroatoms. The van der Waals surface area contributed by atoms with Gasteiger partial charge in [0.2, 0.25) is 0 Å². The number of pyridine rings is 1. The zero-order chi connectivity index (χ0) is 14.7. The lowest BCUT2D eigenvalue weighted by molar-refractivity contribution is 0.102. The van der Waals surface area contributed by atoms with Crippen LogP contribution < -0.4 is 10.1 Å². The van der Waals surface area contributed by atoms with Crippen LogP contribution in [0.25, 0.3) is 0 Å². The number of hydrogen-bond acceptors (Lipinski definition) is 3. The molecule has 1 N–H and O–H groups in total. The molecule has 0 saturated carbocycles. The number of rotatable bonds is 3. The SMILES string of the molecule is COc1ccc(Cl)c(NC(=O)c2cc(Br)cnc2Cl)c1. The molecule has 2 rings (SSSR count). The van der Waals surface area contributed by atoms with Crippen LogP contribution in [0.4, 0.5) is 5.69 Å². The van der Waals surface area contributed by atoms with E-state index in [0.29, 0.717) is 20.9 Å². The van der Waals surface area contributed by atoms with Gasteiger partial charge >= 0.3 is 0 Å². The van der Waals surface area contributed by atoms with E-state index in [4.69, 9.17) is 27.9 Å². The van der Waals surface area contributed by atoms with Crippen LogP contribution in [0.15, 0.2) is 34.9 Å². The van der Waals surface area contributed by atoms with Crippen molar-refractivity contribution in [2.45, 2.75) is 0 Å². The molecule has 2 aromatic rings. The van der Waals surface area contributed by atoms with Gasteiger partial charge in [-0.1, -0.05) is 23.2 Å². The molecule has 1 heterocycles. The van der Waals surface area contributed by atoms with Crippen LogP contribution in [-0.4, -0.2) is 18.0 Å². The third kappa shape index (κ3) is 3.42. The summed E-state index contributed by atoms with van der Waals surface area (Å²) in [5.74, 6) is 0.183. The molecule has 104 valence electrons. The average molecular weight is 376 g/mol. The average Bonchev–Trinajstić information content (AvgIpc) is 2.43. The normalized spacial score (nSPS) is 10.2. The Kier molecular flexibility index (Phi) is 4.86. The van der Waals surface area contributed by atoms with E-state index < -0.39 is 5.91 Å². The molecule has 20 heavy (non-hydrogen) atoms. The Morgan fingerprint density at radius 3 is 2.80 bits per heavy atom. The Morgan fingerprint density at radius 2 is 2.10 bits per heavy atom. The van der Waals surface area contributed by atoms with E-state index >= 15 is 0 Å². The molecule has 1 aromatic heterocycles. The maximum Gasteiger partial charge on any atom is 0.258 e. The van der Waals surface area contributed by atoms with Crippen molar-refractivity contribution in [1.82, 2.24) is 4.98 Å². The fourth-order valence-corrected chi connectivity index (χ4v) is 2.18. The molecule has 0 fully saturated rings. The fraction of sp³-hybridized carbons (Fsp3) is 0.0769. The molecule has 0 saturated heterocycles. The van der Waals surface area contributed by atoms with Gasteiger partial charge in [-0.05, 0) is 34.1 Å². The van der Waals surface area contributed by atoms with E-state index in [2.05, 4.69) is 26.2 Å². The Hall–Kier alpha value is -1.30. The van der Waals surface area contributed by atoms with Crippen molar-refractivity contribution in [2.24, 2.45) is 0 Å². The highest BCUT2D eigenvalue weighted by molar-refractivity contribution is 9.10. The van der Waals surface area contributed by atoms with E-state index in [9.17, 15) is 4.79 Å². The summed E-state index contributed by atoms with van der Waals surface area (Å²) >= 11 is 15.2. The number of aromatic nitrogens is 1. The van der Waals surface area contributed by atoms with Crippen LogP contribution in [0.2, 0.25) is 10.2 Å². The van der Waals surface area contributed by atoms with Gasteiger partial charge < -0.3 is 10.1 Å². The number of methoxy groups -OCH3 is 1. The molecule has 0 aliphatic rings. The first-order chi connectivity index (χ1) is 9.51. The highest BCUT2D eigenvalue weighted by atomic mass is 79.9. The van der Waals surface area contributed by atoms with Crippen molar-refractivity contribution < 1.29 is 9.53 Å². The van der Waals surface area contributed by atoms with Crippen molar-refractivity contribution in [2.75, 3.05) is 12.4 Å². The third-order valence-corrected chi connectivity index (χ3v) is 3.54. The minimum absolute atomic E-state index is 0.115. The van der Waals surface area contributed by atoms with Crippen molar-refractivity contribution in [1.29, 1.82) is 0 Å². The number of halogens is 3. The predicted octanol–water partition coefficient (Wildman–Crippen LogP) is 4.41. The standard InChI is InChI=1S/C13H9BrCl2N2O2/c1-20-8-2-3-10(15)11(5-8)18-13(19)9-4-7(14)6-17-12(9)16/h2-6H,1H3,(H,18,19). The van der Waals surface area contributed by atoms with Gasteiger partial charge in [-0.2, -0.15) is 0 Å². The summed E-state index contributed by atoms with van der Waals surface area (Å²) in [5, 5.41) is 3.19. The molecule has 0 unspecified atom stereocenters. The molecule has 4 nitrogen and oxygen atoms in total. The third-order valence-electron chi connectivity index (χ3n) is 2.47. The number of nitrogens with zero attached hydrogens (tertiary/aromatic N) is 1. The van der Waals surface area contributed by atoms with Gasteiger partial charge in [0.15, 0.2) is 0 Å². The predicted molar refractivity (Wildman–Crippen MR) is 82.9 cm³/mol. The van der Waals surface area contributed by atoms with E-state index in [1.165, 1.54) is 13.3 Å². The topological polar surface area (TPSA) is 51.2 Å². The molecule has 0 radical (unpaired) electrons. The van der Waals surface area contributed by atoms with Crippen LogP contribution >= 0.6 is 39.1 Å². The lowest BCUT2D eigenvalue weighted by Crippen LogP contribution is -2.13. The molecule has 0 aliphatic carbocycles. The second-order valence-corrected chi connectivity index (χ2v) is 5.47. The van der Waals surface area contributed by atoms with Gasteiger partial charge in [-0.3, -0.25) is 4.79 Å². The Morgan fingerprint density at radius 1 is 1.35 bits per heavy atom. The van der Waals surface area contributed by atoms with E-state index in [1.807, 2.05) is 0 Å². The first kappa shape index (κ1) is 15.1. The summed E-state index contributed by atoms with van der Waals surface area (Å²) < 4.78 is 5.74. The van der Waals surface area contributed by atoms with Crippen LogP contribution in [0.1, 0.15) is 10.4 Å². The van der Waals surface area contributed by atoms with E-state index in [-0.39, 0.29) is 10.7 Å². The molecule has 0 bridgehead atoms. The summed E-state index contributed by atoms with van der Waals surface area (Å²) in [6.07, 6.45) is 1.51. The summed E-state index contributed by atoms with van der Waals surface area (Å²) in [6, 6.07) is 6.54. The monoisotopic (exact) mass is 374 g/mol. The van der Waals surface area contributed by atoms with Crippen LogP contribution in [-0.2, 0) is 0 Å². The van der Waals surface area contributed by atoms with Gasteiger partial charge in [0.25, 0.3) is 5.91 Å². The molecule has 0 spiro atoms. The number of anilines is 1. The quantitative estimate of drug-likeness (QED) is 0.808. The van der Waals surface area contributed by atoms with Gasteiger partial charge in [-0.25, -0.2) is 4.98 Å². The Bertz CT molecular complexity index is 665. The lowest BCUT2D eigenvalue weighted by atomic mass is 10.2. The minimum atomic E-state index is -0.404. The second-order valence-electron chi connectivity index (χ2n) is 3.79. The number of ether oxygens (including phenoxy) is 1. The van der Waals surface area contributed by atoms with Crippen molar-refractivity contribution in [3.8, 4) is 5.75 Å². The summed E-state index contributed by atoms with van der Waals surface area (Å²) in [4.78, 5) is 16.1. The number of nitrogens with one attached hydrogen (secondary N) is 1. The molecule has 0 aliphatic heterocycles. The van der Waals surface area contributed by atoms with Gasteiger partial charge in [0.1, 0.15) is 10.9 Å². The van der Waals surface area contributed by atoms with Crippen LogP contribution in [0, 0.1) is 0 Å². The number of carbonyl (C=O) groups is 1. The van der Waals surface area contributed by atoms with Crippen molar-refractivity contribution in [3.63, 3.8) is 0 Å². The zero-order valence-corrected chi connectivity index (χ0v) is 13.4. The number of benzene rings is 1. The van der Waals surface area contributed by atoms with Crippen LogP contribution in [0.3, 0.4) is 0 Å². The molecular weight excluding hydrogens is 367 g/mol. The Balaban J connectivity index is 2.30. The van der Waals surface area contributed by atoms with Gasteiger partial charge in [-0.15, -0.1) is 0 Å². The van der Waals surface area contributed by atoms with E-state index in [0.717, 1.165) is 0 Å². The lowest BCUT2D eigenvalue weighted by Gasteiger charge is -2.10. The van der Waals surface area contributed by atoms with E-state index in [1.54, 1.807) is 24.3 Å². The summed E-state index contributed by atoms with van der Waals surface area (Å²) in [7, 11) is 1.53. The largest absolute Gasteiger partial charge is 0.497 e. The smallest absolute Gasteiger partial charge is 0.258 e. The second kappa shape index (κ2) is 6.43. The first-order valence-electron chi connectivity index (χ1n) is 5.47. The molecule has 0 atom stereocenters. The maximum absolute atomic E-state index is 12.2. The Labute approximate surface area is 134 Å². The summed E-state index contributed by atoms with van der Waals surface area (Å²) in [6.45, 7) is 0. The number of carbonyl (C=O) groups excluding carboxylic acids is 1. The number of hydrogen-bond donors (Lipinski definition) is 1. The molecule has 1 amide bonds. The highest BCUT2D eigenvalue weighted by Crippen LogP contribution is 2.28. The van der Waals surface area contributed by atoms with Crippen molar-refractivity contribution >= 4 is 50.7 Å². The molecule has 1 aromatic carbocycles. The van der Waals surface area contributed by atoms with Crippen LogP contribution in [0.5, 0.6) is 5.75 Å². The highest BCUT2D eigenvalue weighted by Gasteiger charge is 2.14.